The fraction of sp³-hybridized carbons (Fsp3) is 0.455. The number of ether oxygens (including phenoxy) is 1. The van der Waals surface area contributed by atoms with Gasteiger partial charge in [0.15, 0.2) is 0 Å². The molecule has 1 aromatic rings. The van der Waals surface area contributed by atoms with Gasteiger partial charge in [-0.05, 0) is 30.5 Å². The molecule has 4 heteroatoms. The van der Waals surface area contributed by atoms with Crippen LogP contribution in [0.15, 0.2) is 12.1 Å². The van der Waals surface area contributed by atoms with Gasteiger partial charge in [-0.1, -0.05) is 28.1 Å². The van der Waals surface area contributed by atoms with E-state index in [1.807, 2.05) is 26.0 Å². The molecule has 0 atom stereocenters. The minimum Gasteiger partial charge on any atom is -0.487 e. The van der Waals surface area contributed by atoms with E-state index in [-0.39, 0.29) is 0 Å². The predicted octanol–water partition coefficient (Wildman–Crippen LogP) is 3.84. The largest absolute Gasteiger partial charge is 0.487 e. The van der Waals surface area contributed by atoms with E-state index in [4.69, 9.17) is 4.74 Å². The highest BCUT2D eigenvalue weighted by atomic mass is 79.9. The van der Waals surface area contributed by atoms with Gasteiger partial charge in [-0.2, -0.15) is 0 Å². The average molecular weight is 279 g/mol. The molecule has 0 aliphatic carbocycles. The summed E-state index contributed by atoms with van der Waals surface area (Å²) in [6.45, 7) is 3.18. The lowest BCUT2D eigenvalue weighted by atomic mass is 10.1. The van der Waals surface area contributed by atoms with Gasteiger partial charge in [-0.3, -0.25) is 0 Å². The topological polar surface area (TPSA) is 9.23 Å². The molecule has 0 N–H and O–H groups in total. The Morgan fingerprint density at radius 2 is 1.80 bits per heavy atom. The Bertz CT molecular complexity index is 316. The molecule has 0 aromatic heterocycles. The summed E-state index contributed by atoms with van der Waals surface area (Å²) in [6.07, 6.45) is -2.43. The molecular weight excluding hydrogens is 266 g/mol. The molecule has 0 spiro atoms. The van der Waals surface area contributed by atoms with Crippen molar-refractivity contribution in [2.24, 2.45) is 0 Å². The van der Waals surface area contributed by atoms with E-state index in [9.17, 15) is 8.78 Å². The first-order valence-electron chi connectivity index (χ1n) is 4.61. The first kappa shape index (κ1) is 12.4. The normalized spacial score (nSPS) is 10.8. The molecule has 0 saturated heterocycles. The van der Waals surface area contributed by atoms with Gasteiger partial charge in [-0.15, -0.1) is 0 Å². The number of rotatable bonds is 4. The van der Waals surface area contributed by atoms with Crippen molar-refractivity contribution in [3.05, 3.63) is 28.8 Å². The Kier molecular flexibility index (Phi) is 4.51. The molecule has 0 radical (unpaired) electrons. The highest BCUT2D eigenvalue weighted by molar-refractivity contribution is 9.08. The van der Waals surface area contributed by atoms with Crippen LogP contribution in [0.1, 0.15) is 16.7 Å². The summed E-state index contributed by atoms with van der Waals surface area (Å²) >= 11 is 3.35. The summed E-state index contributed by atoms with van der Waals surface area (Å²) in [6, 6.07) is 3.87. The SMILES string of the molecule is Cc1cc(CBr)cc(C)c1OCC(F)F. The van der Waals surface area contributed by atoms with Crippen molar-refractivity contribution in [2.45, 2.75) is 25.6 Å². The standard InChI is InChI=1S/C11H13BrF2O/c1-7-3-9(5-12)4-8(2)11(7)15-6-10(13)14/h3-4,10H,5-6H2,1-2H3. The zero-order chi connectivity index (χ0) is 11.4. The molecule has 0 heterocycles. The van der Waals surface area contributed by atoms with E-state index in [0.717, 1.165) is 22.0 Å². The Hall–Kier alpha value is -0.640. The lowest BCUT2D eigenvalue weighted by molar-refractivity contribution is 0.0812. The fourth-order valence-electron chi connectivity index (χ4n) is 1.49. The van der Waals surface area contributed by atoms with E-state index in [0.29, 0.717) is 5.75 Å². The summed E-state index contributed by atoms with van der Waals surface area (Å²) in [5.74, 6) is 0.569. The van der Waals surface area contributed by atoms with Crippen molar-refractivity contribution in [3.8, 4) is 5.75 Å². The van der Waals surface area contributed by atoms with E-state index < -0.39 is 13.0 Å². The van der Waals surface area contributed by atoms with Crippen LogP contribution in [-0.2, 0) is 5.33 Å². The summed E-state index contributed by atoms with van der Waals surface area (Å²) in [7, 11) is 0. The summed E-state index contributed by atoms with van der Waals surface area (Å²) in [5, 5.41) is 0.754. The van der Waals surface area contributed by atoms with Crippen LogP contribution in [0.25, 0.3) is 0 Å². The number of benzene rings is 1. The lowest BCUT2D eigenvalue weighted by Crippen LogP contribution is -2.09. The number of aryl methyl sites for hydroxylation is 2. The maximum absolute atomic E-state index is 12.0. The summed E-state index contributed by atoms with van der Waals surface area (Å²) in [5.41, 5.74) is 2.91. The molecule has 0 amide bonds. The van der Waals surface area contributed by atoms with Crippen LogP contribution >= 0.6 is 15.9 Å². The third-order valence-electron chi connectivity index (χ3n) is 2.03. The molecule has 1 nitrogen and oxygen atoms in total. The van der Waals surface area contributed by atoms with Gasteiger partial charge in [0.2, 0.25) is 0 Å². The smallest absolute Gasteiger partial charge is 0.272 e. The molecule has 0 unspecified atom stereocenters. The van der Waals surface area contributed by atoms with Crippen LogP contribution in [0.4, 0.5) is 8.78 Å². The molecule has 1 aromatic carbocycles. The second kappa shape index (κ2) is 5.45. The zero-order valence-corrected chi connectivity index (χ0v) is 10.3. The van der Waals surface area contributed by atoms with E-state index in [1.54, 1.807) is 0 Å². The third-order valence-corrected chi connectivity index (χ3v) is 2.68. The van der Waals surface area contributed by atoms with Gasteiger partial charge in [0.05, 0.1) is 0 Å². The van der Waals surface area contributed by atoms with Crippen LogP contribution in [-0.4, -0.2) is 13.0 Å². The van der Waals surface area contributed by atoms with Crippen molar-refractivity contribution < 1.29 is 13.5 Å². The monoisotopic (exact) mass is 278 g/mol. The molecular formula is C11H13BrF2O. The summed E-state index contributed by atoms with van der Waals surface area (Å²) < 4.78 is 29.1. The van der Waals surface area contributed by atoms with Crippen LogP contribution in [0, 0.1) is 13.8 Å². The van der Waals surface area contributed by atoms with Gasteiger partial charge in [-0.25, -0.2) is 8.78 Å². The van der Waals surface area contributed by atoms with Crippen molar-refractivity contribution in [3.63, 3.8) is 0 Å². The Morgan fingerprint density at radius 3 is 2.20 bits per heavy atom. The highest BCUT2D eigenvalue weighted by Gasteiger charge is 2.09. The van der Waals surface area contributed by atoms with E-state index in [1.165, 1.54) is 0 Å². The van der Waals surface area contributed by atoms with Gasteiger partial charge in [0, 0.05) is 5.33 Å². The third kappa shape index (κ3) is 3.45. The summed E-state index contributed by atoms with van der Waals surface area (Å²) in [4.78, 5) is 0. The highest BCUT2D eigenvalue weighted by Crippen LogP contribution is 2.26. The molecule has 15 heavy (non-hydrogen) atoms. The maximum atomic E-state index is 12.0. The van der Waals surface area contributed by atoms with Gasteiger partial charge >= 0.3 is 0 Å². The Labute approximate surface area is 96.6 Å². The molecule has 0 fully saturated rings. The van der Waals surface area contributed by atoms with Crippen LogP contribution in [0.3, 0.4) is 0 Å². The fourth-order valence-corrected chi connectivity index (χ4v) is 1.81. The Balaban J connectivity index is 2.88. The van der Waals surface area contributed by atoms with E-state index in [2.05, 4.69) is 15.9 Å². The van der Waals surface area contributed by atoms with Gasteiger partial charge < -0.3 is 4.74 Å². The van der Waals surface area contributed by atoms with E-state index >= 15 is 0 Å². The number of alkyl halides is 3. The molecule has 0 aliphatic rings. The number of halogens is 3. The minimum atomic E-state index is -2.43. The second-order valence-corrected chi connectivity index (χ2v) is 3.96. The first-order chi connectivity index (χ1) is 7.04. The quantitative estimate of drug-likeness (QED) is 0.761. The molecule has 0 bridgehead atoms. The van der Waals surface area contributed by atoms with Crippen LogP contribution in [0.2, 0.25) is 0 Å². The van der Waals surface area contributed by atoms with Crippen LogP contribution in [0.5, 0.6) is 5.75 Å². The second-order valence-electron chi connectivity index (χ2n) is 3.39. The predicted molar refractivity (Wildman–Crippen MR) is 60.0 cm³/mol. The Morgan fingerprint density at radius 1 is 1.27 bits per heavy atom. The molecule has 84 valence electrons. The zero-order valence-electron chi connectivity index (χ0n) is 8.69. The first-order valence-corrected chi connectivity index (χ1v) is 5.73. The lowest BCUT2D eigenvalue weighted by Gasteiger charge is -2.13. The van der Waals surface area contributed by atoms with Crippen LogP contribution < -0.4 is 4.74 Å². The minimum absolute atomic E-state index is 0.546. The molecule has 1 rings (SSSR count). The van der Waals surface area contributed by atoms with Gasteiger partial charge in [0.25, 0.3) is 6.43 Å². The van der Waals surface area contributed by atoms with Crippen molar-refractivity contribution in [2.75, 3.05) is 6.61 Å². The van der Waals surface area contributed by atoms with Gasteiger partial charge in [0.1, 0.15) is 12.4 Å². The van der Waals surface area contributed by atoms with Crippen molar-refractivity contribution in [1.82, 2.24) is 0 Å². The number of hydrogen-bond donors (Lipinski definition) is 0. The maximum Gasteiger partial charge on any atom is 0.272 e. The van der Waals surface area contributed by atoms with Crippen molar-refractivity contribution >= 4 is 15.9 Å². The molecule has 0 aliphatic heterocycles. The molecule has 0 saturated carbocycles. The number of hydrogen-bond acceptors (Lipinski definition) is 1. The average Bonchev–Trinajstić information content (AvgIpc) is 2.15. The van der Waals surface area contributed by atoms with Crippen molar-refractivity contribution in [1.29, 1.82) is 0 Å².